The molecule has 30 heavy (non-hydrogen) atoms. The van der Waals surface area contributed by atoms with Crippen LogP contribution in [0.3, 0.4) is 0 Å². The predicted molar refractivity (Wildman–Crippen MR) is 119 cm³/mol. The monoisotopic (exact) mass is 419 g/mol. The van der Waals surface area contributed by atoms with Crippen LogP contribution < -0.4 is 10.3 Å². The molecule has 0 spiro atoms. The first-order valence-corrected chi connectivity index (χ1v) is 10.3. The summed E-state index contributed by atoms with van der Waals surface area (Å²) < 4.78 is 7.46. The van der Waals surface area contributed by atoms with Crippen molar-refractivity contribution in [2.24, 2.45) is 0 Å². The highest BCUT2D eigenvalue weighted by Crippen LogP contribution is 2.36. The lowest BCUT2D eigenvalue weighted by Crippen LogP contribution is -2.13. The number of H-pyrrole nitrogens is 1. The molecule has 2 aromatic heterocycles. The molecular weight excluding hydrogens is 398 g/mol. The third-order valence-electron chi connectivity index (χ3n) is 4.67. The lowest BCUT2D eigenvalue weighted by molar-refractivity contribution is 0.416. The molecule has 0 saturated carbocycles. The van der Waals surface area contributed by atoms with E-state index >= 15 is 0 Å². The number of fused-ring (bicyclic) bond motifs is 1. The third-order valence-corrected chi connectivity index (χ3v) is 5.76. The van der Waals surface area contributed by atoms with Gasteiger partial charge in [0.1, 0.15) is 11.6 Å². The van der Waals surface area contributed by atoms with Gasteiger partial charge in [-0.25, -0.2) is 4.98 Å². The maximum atomic E-state index is 12.4. The molecule has 0 fully saturated rings. The molecule has 0 radical (unpaired) electrons. The smallest absolute Gasteiger partial charge is 0.258 e. The van der Waals surface area contributed by atoms with Crippen molar-refractivity contribution >= 4 is 22.7 Å². The van der Waals surface area contributed by atoms with E-state index in [1.165, 1.54) is 11.8 Å². The minimum atomic E-state index is -0.148. The Morgan fingerprint density at radius 2 is 1.97 bits per heavy atom. The first-order valence-electron chi connectivity index (χ1n) is 9.45. The zero-order chi connectivity index (χ0) is 21.1. The Balaban J connectivity index is 1.70. The molecule has 8 heteroatoms. The van der Waals surface area contributed by atoms with Crippen LogP contribution in [0.1, 0.15) is 18.0 Å². The highest BCUT2D eigenvalue weighted by Gasteiger charge is 2.20. The van der Waals surface area contributed by atoms with Crippen LogP contribution in [0.2, 0.25) is 0 Å². The van der Waals surface area contributed by atoms with Gasteiger partial charge in [-0.1, -0.05) is 42.1 Å². The van der Waals surface area contributed by atoms with Crippen LogP contribution in [-0.4, -0.2) is 31.8 Å². The van der Waals surface area contributed by atoms with E-state index in [-0.39, 0.29) is 10.8 Å². The molecule has 0 bridgehead atoms. The van der Waals surface area contributed by atoms with Gasteiger partial charge < -0.3 is 9.72 Å². The fourth-order valence-corrected chi connectivity index (χ4v) is 4.12. The number of nitrogens with one attached hydrogen (secondary N) is 1. The Morgan fingerprint density at radius 3 is 2.77 bits per heavy atom. The molecule has 4 rings (SSSR count). The van der Waals surface area contributed by atoms with E-state index in [9.17, 15) is 4.79 Å². The Bertz CT molecular complexity index is 1260. The van der Waals surface area contributed by atoms with Crippen LogP contribution in [-0.2, 0) is 6.54 Å². The minimum absolute atomic E-state index is 0.138. The second-order valence-electron chi connectivity index (χ2n) is 6.63. The van der Waals surface area contributed by atoms with Gasteiger partial charge in [-0.05, 0) is 31.2 Å². The molecule has 0 aliphatic rings. The molecule has 0 aliphatic carbocycles. The van der Waals surface area contributed by atoms with Crippen LogP contribution in [0.4, 0.5) is 0 Å². The van der Waals surface area contributed by atoms with Crippen LogP contribution in [0, 0.1) is 0 Å². The lowest BCUT2D eigenvalue weighted by Gasteiger charge is -2.13. The molecule has 152 valence electrons. The number of ether oxygens (including phenoxy) is 1. The maximum absolute atomic E-state index is 12.4. The number of benzene rings is 2. The second-order valence-corrected chi connectivity index (χ2v) is 7.94. The molecule has 7 nitrogen and oxygen atoms in total. The van der Waals surface area contributed by atoms with Gasteiger partial charge in [-0.15, -0.1) is 16.8 Å². The van der Waals surface area contributed by atoms with Gasteiger partial charge in [0, 0.05) is 6.54 Å². The summed E-state index contributed by atoms with van der Waals surface area (Å²) in [4.78, 5) is 19.9. The predicted octanol–water partition coefficient (Wildman–Crippen LogP) is 4.23. The van der Waals surface area contributed by atoms with Gasteiger partial charge in [0.25, 0.3) is 5.56 Å². The summed E-state index contributed by atoms with van der Waals surface area (Å²) in [6.45, 7) is 6.38. The summed E-state index contributed by atoms with van der Waals surface area (Å²) in [5.74, 6) is 2.01. The van der Waals surface area contributed by atoms with Gasteiger partial charge in [0.2, 0.25) is 0 Å². The van der Waals surface area contributed by atoms with Crippen molar-refractivity contribution in [2.75, 3.05) is 7.11 Å². The maximum Gasteiger partial charge on any atom is 0.258 e. The second kappa shape index (κ2) is 8.54. The number of para-hydroxylation sites is 2. The molecule has 2 heterocycles. The van der Waals surface area contributed by atoms with Gasteiger partial charge >= 0.3 is 0 Å². The van der Waals surface area contributed by atoms with Crippen molar-refractivity contribution in [2.45, 2.75) is 23.9 Å². The number of allylic oxidation sites excluding steroid dienone is 1. The highest BCUT2D eigenvalue weighted by atomic mass is 32.2. The van der Waals surface area contributed by atoms with E-state index in [4.69, 9.17) is 4.74 Å². The topological polar surface area (TPSA) is 85.7 Å². The average molecular weight is 420 g/mol. The largest absolute Gasteiger partial charge is 0.496 e. The molecule has 1 N–H and O–H groups in total. The standard InChI is InChI=1S/C22H21N5O2S/c1-4-13-27-20(16-10-6-8-12-18(16)29-3)25-26-22(27)30-14(2)19-23-17-11-7-5-9-15(17)21(28)24-19/h4-12,14H,1,13H2,2-3H3,(H,23,24,28)/t14-/m0/s1. The van der Waals surface area contributed by atoms with E-state index in [2.05, 4.69) is 26.7 Å². The van der Waals surface area contributed by atoms with Crippen molar-refractivity contribution in [1.29, 1.82) is 0 Å². The van der Waals surface area contributed by atoms with Crippen molar-refractivity contribution in [1.82, 2.24) is 24.7 Å². The molecule has 0 saturated heterocycles. The molecule has 2 aromatic carbocycles. The van der Waals surface area contributed by atoms with Gasteiger partial charge in [0.05, 0.1) is 28.8 Å². The summed E-state index contributed by atoms with van der Waals surface area (Å²) in [5.41, 5.74) is 1.38. The first-order chi connectivity index (χ1) is 14.6. The number of methoxy groups -OCH3 is 1. The Kier molecular flexibility index (Phi) is 5.67. The Morgan fingerprint density at radius 1 is 1.20 bits per heavy atom. The van der Waals surface area contributed by atoms with Crippen molar-refractivity contribution in [3.8, 4) is 17.1 Å². The summed E-state index contributed by atoms with van der Waals surface area (Å²) in [7, 11) is 1.63. The number of nitrogens with zero attached hydrogens (tertiary/aromatic N) is 4. The molecular formula is C22H21N5O2S. The van der Waals surface area contributed by atoms with Crippen LogP contribution in [0.15, 0.2) is 71.1 Å². The molecule has 4 aromatic rings. The quantitative estimate of drug-likeness (QED) is 0.356. The van der Waals surface area contributed by atoms with E-state index in [1.807, 2.05) is 54.0 Å². The molecule has 0 amide bonds. The Hall–Kier alpha value is -3.39. The van der Waals surface area contributed by atoms with E-state index in [0.29, 0.717) is 34.3 Å². The van der Waals surface area contributed by atoms with Crippen LogP contribution >= 0.6 is 11.8 Å². The SMILES string of the molecule is C=CCn1c(S[C@@H](C)c2nc3ccccc3c(=O)[nH]2)nnc1-c1ccccc1OC. The minimum Gasteiger partial charge on any atom is -0.496 e. The van der Waals surface area contributed by atoms with Gasteiger partial charge in [0.15, 0.2) is 11.0 Å². The van der Waals surface area contributed by atoms with E-state index in [0.717, 1.165) is 11.3 Å². The number of hydrogen-bond acceptors (Lipinski definition) is 6. The van der Waals surface area contributed by atoms with Crippen molar-refractivity contribution < 1.29 is 4.74 Å². The fraction of sp³-hybridized carbons (Fsp3) is 0.182. The normalized spacial score (nSPS) is 12.1. The lowest BCUT2D eigenvalue weighted by atomic mass is 10.2. The summed E-state index contributed by atoms with van der Waals surface area (Å²) in [6, 6.07) is 15.0. The number of aromatic nitrogens is 5. The number of hydrogen-bond donors (Lipinski definition) is 1. The van der Waals surface area contributed by atoms with E-state index < -0.39 is 0 Å². The summed E-state index contributed by atoms with van der Waals surface area (Å²) in [5, 5.41) is 9.93. The fourth-order valence-electron chi connectivity index (χ4n) is 3.21. The number of thioether (sulfide) groups is 1. The number of rotatable bonds is 7. The number of aromatic amines is 1. The zero-order valence-electron chi connectivity index (χ0n) is 16.7. The van der Waals surface area contributed by atoms with Crippen LogP contribution in [0.25, 0.3) is 22.3 Å². The Labute approximate surface area is 177 Å². The van der Waals surface area contributed by atoms with Crippen molar-refractivity contribution in [3.63, 3.8) is 0 Å². The molecule has 0 unspecified atom stereocenters. The van der Waals surface area contributed by atoms with Gasteiger partial charge in [-0.3, -0.25) is 9.36 Å². The third kappa shape index (κ3) is 3.73. The first kappa shape index (κ1) is 19.9. The van der Waals surface area contributed by atoms with Crippen LogP contribution in [0.5, 0.6) is 5.75 Å². The van der Waals surface area contributed by atoms with Crippen molar-refractivity contribution in [3.05, 3.63) is 77.4 Å². The summed E-state index contributed by atoms with van der Waals surface area (Å²) >= 11 is 1.48. The average Bonchev–Trinajstić information content (AvgIpc) is 3.16. The van der Waals surface area contributed by atoms with Gasteiger partial charge in [-0.2, -0.15) is 0 Å². The molecule has 1 atom stereocenters. The summed E-state index contributed by atoms with van der Waals surface area (Å²) in [6.07, 6.45) is 1.80. The zero-order valence-corrected chi connectivity index (χ0v) is 17.5. The van der Waals surface area contributed by atoms with E-state index in [1.54, 1.807) is 19.3 Å². The molecule has 0 aliphatic heterocycles. The highest BCUT2D eigenvalue weighted by molar-refractivity contribution is 7.99.